The minimum atomic E-state index is -1.22. The second-order valence-corrected chi connectivity index (χ2v) is 34.3. The van der Waals surface area contributed by atoms with Gasteiger partial charge in [-0.3, -0.25) is 43.2 Å². The Morgan fingerprint density at radius 3 is 1.01 bits per heavy atom. The topological polar surface area (TPSA) is 334 Å². The van der Waals surface area contributed by atoms with Gasteiger partial charge in [0.1, 0.15) is 45.9 Å². The summed E-state index contributed by atoms with van der Waals surface area (Å²) in [5, 5.41) is 23.0. The number of aromatic carboxylic acids is 1. The summed E-state index contributed by atoms with van der Waals surface area (Å²) in [7, 11) is 13.5. The molecule has 712 valence electrons. The van der Waals surface area contributed by atoms with Crippen molar-refractivity contribution in [3.8, 4) is 0 Å². The molecule has 14 rings (SSSR count). The number of ether oxygens (including phenoxy) is 4. The van der Waals surface area contributed by atoms with Gasteiger partial charge in [-0.15, -0.1) is 24.8 Å². The molecule has 8 aliphatic heterocycles. The zero-order valence-corrected chi connectivity index (χ0v) is 79.5. The van der Waals surface area contributed by atoms with Crippen molar-refractivity contribution < 1.29 is 85.9 Å². The molecule has 30 nitrogen and oxygen atoms in total. The number of carbonyl (C=O) groups excluding carboxylic acids is 8. The molecule has 8 amide bonds. The van der Waals surface area contributed by atoms with Gasteiger partial charge in [-0.25, -0.2) is 13.6 Å². The fraction of sp³-hybridized carbons (Fsp3) is 0.521. The standard InChI is InChI=1S/C28H35FN4O4.C20H29N3O3.C19H28N4O3.C14H19N3O.C9H9FO2.C6H12O3.2ClH/c1-5-20-11-12-23(29)22(17-20)25(34)30-24(19(2)37-4)26(35)32-15-13-28(14-16-32)27(36)31(3)18-33(28)21-9-7-6-8-10-21;1-15(16(2)26-4)18(24)22-12-10-20(11-13-22)19(25)21(3)14-23(20)17-8-6-5-7-9-17;1-14(26-3)16(20)17(24)22-11-9-19(10-12-22)18(25)21(2)13-23(19)15-7-5-4-6-8-15;1-16-11-17(12-5-3-2-4-6-12)14(13(16)18)7-9-15-10-8-14;1-2-6-3-4-8(10)7(5-6)9(11)12;1-4(6(7)8)5(2)9-3;;/h6-12,17,19,24H,5,13-16,18H2,1-4H3,(H,30,34);5-9,15-16H,10-14H2,1-4H3;4-8,14,16H,9-13,20H2,1-3H3;2-6,15H,7-11H2,1H3;3-5H,2H2,1H3,(H,11,12);4-5H,1-3H3,(H,7,8);2*1H/t19-,24+;15-,16+;14-,16+;;;4-,5+;;/m010..1../s1. The van der Waals surface area contributed by atoms with E-state index in [1.54, 1.807) is 85.6 Å². The molecule has 6 aromatic carbocycles. The van der Waals surface area contributed by atoms with Gasteiger partial charge in [-0.1, -0.05) is 106 Å². The van der Waals surface area contributed by atoms with E-state index in [9.17, 15) is 56.7 Å². The van der Waals surface area contributed by atoms with Crippen LogP contribution in [0.2, 0.25) is 0 Å². The molecular formula is C96H134Cl2F2N14O16. The first kappa shape index (κ1) is 106. The van der Waals surface area contributed by atoms with E-state index in [0.29, 0.717) is 117 Å². The number of aryl methyl sites for hydroxylation is 2. The first-order chi connectivity index (χ1) is 61.0. The zero-order valence-electron chi connectivity index (χ0n) is 77.9. The molecule has 0 bridgehead atoms. The van der Waals surface area contributed by atoms with Crippen molar-refractivity contribution in [3.05, 3.63) is 192 Å². The highest BCUT2D eigenvalue weighted by atomic mass is 35.5. The number of likely N-dealkylation sites (tertiary alicyclic amines) is 3. The fourth-order valence-corrected chi connectivity index (χ4v) is 17.9. The van der Waals surface area contributed by atoms with Crippen molar-refractivity contribution in [2.75, 3.05) is 155 Å². The maximum Gasteiger partial charge on any atom is 0.338 e. The number of hydrogen-bond acceptors (Lipinski definition) is 20. The third-order valence-corrected chi connectivity index (χ3v) is 26.7. The van der Waals surface area contributed by atoms with E-state index in [0.717, 1.165) is 59.8 Å². The van der Waals surface area contributed by atoms with Crippen LogP contribution in [0.4, 0.5) is 31.5 Å². The molecule has 6 aromatic rings. The Morgan fingerprint density at radius 2 is 0.708 bits per heavy atom. The summed E-state index contributed by atoms with van der Waals surface area (Å²) in [4.78, 5) is 146. The minimum Gasteiger partial charge on any atom is -0.481 e. The Morgan fingerprint density at radius 1 is 0.415 bits per heavy atom. The third-order valence-electron chi connectivity index (χ3n) is 26.7. The second-order valence-electron chi connectivity index (χ2n) is 34.3. The maximum absolute atomic E-state index is 14.4. The molecule has 130 heavy (non-hydrogen) atoms. The summed E-state index contributed by atoms with van der Waals surface area (Å²) in [5.74, 6) is -4.33. The Labute approximate surface area is 776 Å². The van der Waals surface area contributed by atoms with E-state index < -0.39 is 70.2 Å². The van der Waals surface area contributed by atoms with Crippen molar-refractivity contribution in [2.24, 2.45) is 17.6 Å². The van der Waals surface area contributed by atoms with Crippen LogP contribution < -0.4 is 36.0 Å². The van der Waals surface area contributed by atoms with Gasteiger partial charge in [0.05, 0.1) is 74.1 Å². The predicted octanol–water partition coefficient (Wildman–Crippen LogP) is 10.1. The van der Waals surface area contributed by atoms with Crippen molar-refractivity contribution in [2.45, 2.75) is 178 Å². The molecule has 0 saturated carbocycles. The van der Waals surface area contributed by atoms with Gasteiger partial charge in [0.25, 0.3) is 5.91 Å². The van der Waals surface area contributed by atoms with Crippen molar-refractivity contribution >= 4 is 107 Å². The molecule has 6 N–H and O–H groups in total. The first-order valence-corrected chi connectivity index (χ1v) is 44.1. The largest absolute Gasteiger partial charge is 0.481 e. The van der Waals surface area contributed by atoms with Gasteiger partial charge in [-0.05, 0) is 196 Å². The Balaban J connectivity index is 0.000000224. The molecule has 8 atom stereocenters. The molecular weight excluding hydrogens is 1710 g/mol. The number of halogens is 4. The number of benzene rings is 6. The number of nitrogens with zero attached hydrogens (tertiary/aromatic N) is 11. The van der Waals surface area contributed by atoms with Crippen LogP contribution in [0.1, 0.15) is 139 Å². The average Bonchev–Trinajstić information content (AvgIpc) is 1.61. The normalized spacial score (nSPS) is 19.4. The van der Waals surface area contributed by atoms with Crippen LogP contribution in [0, 0.1) is 23.5 Å². The van der Waals surface area contributed by atoms with Crippen LogP contribution in [0.25, 0.3) is 0 Å². The molecule has 0 aliphatic carbocycles. The molecule has 8 heterocycles. The third kappa shape index (κ3) is 24.0. The maximum atomic E-state index is 14.4. The number of methoxy groups -OCH3 is 4. The number of anilines is 4. The van der Waals surface area contributed by atoms with Crippen LogP contribution in [-0.4, -0.2) is 298 Å². The molecule has 0 radical (unpaired) electrons. The average molecular weight is 1850 g/mol. The molecule has 8 fully saturated rings. The summed E-state index contributed by atoms with van der Waals surface area (Å²) in [6.45, 7) is 21.6. The lowest BCUT2D eigenvalue weighted by Crippen LogP contribution is -2.61. The molecule has 0 unspecified atom stereocenters. The van der Waals surface area contributed by atoms with Gasteiger partial charge in [0.15, 0.2) is 0 Å². The number of amides is 8. The first-order valence-electron chi connectivity index (χ1n) is 44.1. The smallest absolute Gasteiger partial charge is 0.338 e. The number of aliphatic carboxylic acids is 1. The highest BCUT2D eigenvalue weighted by Gasteiger charge is 2.57. The number of rotatable bonds is 21. The van der Waals surface area contributed by atoms with Crippen LogP contribution in [0.5, 0.6) is 0 Å². The predicted molar refractivity (Wildman–Crippen MR) is 501 cm³/mol. The van der Waals surface area contributed by atoms with Gasteiger partial charge in [0.2, 0.25) is 41.4 Å². The van der Waals surface area contributed by atoms with Crippen LogP contribution in [0.15, 0.2) is 158 Å². The lowest BCUT2D eigenvalue weighted by Gasteiger charge is -2.44. The second kappa shape index (κ2) is 48.0. The summed E-state index contributed by atoms with van der Waals surface area (Å²) in [6.07, 6.45) is 5.31. The Kier molecular flexibility index (Phi) is 39.3. The lowest BCUT2D eigenvalue weighted by atomic mass is 9.85. The molecule has 4 spiro atoms. The quantitative estimate of drug-likeness (QED) is 0.0447. The van der Waals surface area contributed by atoms with Gasteiger partial charge in [-0.2, -0.15) is 0 Å². The summed E-state index contributed by atoms with van der Waals surface area (Å²) in [6, 6.07) is 47.0. The van der Waals surface area contributed by atoms with Gasteiger partial charge >= 0.3 is 11.9 Å². The number of hydrogen-bond donors (Lipinski definition) is 5. The van der Waals surface area contributed by atoms with E-state index in [1.807, 2.05) is 168 Å². The molecule has 34 heteroatoms. The van der Waals surface area contributed by atoms with Crippen molar-refractivity contribution in [1.82, 2.24) is 44.9 Å². The number of nitrogens with two attached hydrogens (primary N) is 1. The number of carbonyl (C=O) groups is 10. The van der Waals surface area contributed by atoms with Crippen molar-refractivity contribution in [1.29, 1.82) is 0 Å². The summed E-state index contributed by atoms with van der Waals surface area (Å²) < 4.78 is 47.9. The Bertz CT molecular complexity index is 4630. The minimum absolute atomic E-state index is 0. The lowest BCUT2D eigenvalue weighted by molar-refractivity contribution is -0.145. The van der Waals surface area contributed by atoms with Crippen LogP contribution in [-0.2, 0) is 70.1 Å². The van der Waals surface area contributed by atoms with Gasteiger partial charge < -0.3 is 99.4 Å². The number of para-hydroxylation sites is 4. The highest BCUT2D eigenvalue weighted by Crippen LogP contribution is 2.44. The number of nitrogens with one attached hydrogen (secondary N) is 2. The van der Waals surface area contributed by atoms with Crippen molar-refractivity contribution in [3.63, 3.8) is 0 Å². The zero-order chi connectivity index (χ0) is 93.7. The highest BCUT2D eigenvalue weighted by molar-refractivity contribution is 6.00. The number of piperidine rings is 4. The molecule has 8 aliphatic rings. The monoisotopic (exact) mass is 1850 g/mol. The molecule has 0 aromatic heterocycles. The van der Waals surface area contributed by atoms with E-state index >= 15 is 0 Å². The van der Waals surface area contributed by atoms with E-state index in [2.05, 4.69) is 42.4 Å². The van der Waals surface area contributed by atoms with E-state index in [4.69, 9.17) is 34.9 Å². The summed E-state index contributed by atoms with van der Waals surface area (Å²) >= 11 is 0. The number of carboxylic acids is 2. The molecule has 8 saturated heterocycles. The number of likely N-dealkylation sites (N-methyl/N-ethyl adjacent to an activating group) is 4. The summed E-state index contributed by atoms with van der Waals surface area (Å²) in [5.41, 5.74) is 9.37. The Hall–Kier alpha value is -10.6. The number of carboxylic acid groups (broad SMARTS) is 2. The van der Waals surface area contributed by atoms with Gasteiger partial charge in [0, 0.05) is 119 Å². The van der Waals surface area contributed by atoms with E-state index in [1.165, 1.54) is 38.5 Å². The van der Waals surface area contributed by atoms with E-state index in [-0.39, 0.29) is 107 Å². The van der Waals surface area contributed by atoms with Crippen LogP contribution >= 0.6 is 24.8 Å². The fourth-order valence-electron chi connectivity index (χ4n) is 17.9. The SMILES string of the molecule is CCc1ccc(F)c(C(=O)N[C@@H](C(=O)N2CCC3(CC2)C(=O)N(C)CN3c2ccccc2)[C@H](C)OC)c1.CCc1ccc(F)c(C(=O)O)c1.CN1CN(c2ccccc2)C2(CCNCC2)C1=O.CO[C@@H](C)[C@@H](C)C(=O)N1CCC2(CC1)C(=O)N(C)CN2c1ccccc1.CO[C@@H](C)[C@@H](C)C(=O)O.CO[C@@H](C)[C@@H](N)C(=O)N1CCC2(CC1)C(=O)N(C)CN2c1ccccc1.Cl.Cl. The van der Waals surface area contributed by atoms with Crippen LogP contribution in [0.3, 0.4) is 0 Å².